The van der Waals surface area contributed by atoms with Gasteiger partial charge in [-0.2, -0.15) is 0 Å². The fourth-order valence-electron chi connectivity index (χ4n) is 3.82. The van der Waals surface area contributed by atoms with E-state index in [1.807, 2.05) is 37.3 Å². The van der Waals surface area contributed by atoms with E-state index in [9.17, 15) is 0 Å². The second-order valence-corrected chi connectivity index (χ2v) is 7.99. The van der Waals surface area contributed by atoms with Crippen molar-refractivity contribution in [2.45, 2.75) is 32.7 Å². The highest BCUT2D eigenvalue weighted by Crippen LogP contribution is 2.33. The molecule has 2 aromatic rings. The zero-order chi connectivity index (χ0) is 20.8. The molecule has 0 saturated carbocycles. The molecular weight excluding hydrogens is 396 g/mol. The summed E-state index contributed by atoms with van der Waals surface area (Å²) in [6.07, 6.45) is 8.00. The van der Waals surface area contributed by atoms with Gasteiger partial charge >= 0.3 is 0 Å². The maximum Gasteiger partial charge on any atom is 0.231 e. The summed E-state index contributed by atoms with van der Waals surface area (Å²) in [5.41, 5.74) is 2.11. The lowest BCUT2D eigenvalue weighted by Crippen LogP contribution is -2.38. The lowest BCUT2D eigenvalue weighted by molar-refractivity contribution is 0.174. The Kier molecular flexibility index (Phi) is 6.74. The molecule has 0 spiro atoms. The van der Waals surface area contributed by atoms with Crippen LogP contribution in [0.25, 0.3) is 0 Å². The SMILES string of the molecule is CCOc1ccc(NC(=S)N(Cc2ccc3c(c2)OCO3)CC2CC=CCC2)cc1. The van der Waals surface area contributed by atoms with E-state index in [0.717, 1.165) is 59.5 Å². The van der Waals surface area contributed by atoms with Gasteiger partial charge in [0.1, 0.15) is 5.75 Å². The summed E-state index contributed by atoms with van der Waals surface area (Å²) in [5.74, 6) is 3.07. The summed E-state index contributed by atoms with van der Waals surface area (Å²) in [5, 5.41) is 4.13. The van der Waals surface area contributed by atoms with E-state index in [2.05, 4.69) is 34.5 Å². The van der Waals surface area contributed by atoms with E-state index < -0.39 is 0 Å². The quantitative estimate of drug-likeness (QED) is 0.476. The zero-order valence-electron chi connectivity index (χ0n) is 17.3. The Balaban J connectivity index is 1.47. The summed E-state index contributed by atoms with van der Waals surface area (Å²) < 4.78 is 16.5. The highest BCUT2D eigenvalue weighted by molar-refractivity contribution is 7.80. The number of allylic oxidation sites excluding steroid dienone is 2. The summed E-state index contributed by atoms with van der Waals surface area (Å²) in [6.45, 7) is 4.57. The molecule has 0 fully saturated rings. The fourth-order valence-corrected chi connectivity index (χ4v) is 4.07. The van der Waals surface area contributed by atoms with Gasteiger partial charge in [-0.25, -0.2) is 0 Å². The van der Waals surface area contributed by atoms with Crippen molar-refractivity contribution in [2.75, 3.05) is 25.3 Å². The smallest absolute Gasteiger partial charge is 0.231 e. The van der Waals surface area contributed by atoms with Crippen LogP contribution in [0, 0.1) is 5.92 Å². The van der Waals surface area contributed by atoms with E-state index in [-0.39, 0.29) is 6.79 Å². The molecule has 1 heterocycles. The number of nitrogens with one attached hydrogen (secondary N) is 1. The van der Waals surface area contributed by atoms with Crippen LogP contribution >= 0.6 is 12.2 Å². The third-order valence-corrected chi connectivity index (χ3v) is 5.73. The fraction of sp³-hybridized carbons (Fsp3) is 0.375. The summed E-state index contributed by atoms with van der Waals surface area (Å²) in [4.78, 5) is 2.26. The lowest BCUT2D eigenvalue weighted by Gasteiger charge is -2.31. The molecule has 0 saturated heterocycles. The Morgan fingerprint density at radius 3 is 2.73 bits per heavy atom. The lowest BCUT2D eigenvalue weighted by atomic mass is 9.94. The Labute approximate surface area is 183 Å². The summed E-state index contributed by atoms with van der Waals surface area (Å²) in [6, 6.07) is 14.0. The summed E-state index contributed by atoms with van der Waals surface area (Å²) in [7, 11) is 0. The second-order valence-electron chi connectivity index (χ2n) is 7.61. The van der Waals surface area contributed by atoms with Crippen LogP contribution in [0.3, 0.4) is 0 Å². The van der Waals surface area contributed by atoms with Crippen molar-refractivity contribution in [3.63, 3.8) is 0 Å². The van der Waals surface area contributed by atoms with E-state index in [0.29, 0.717) is 12.5 Å². The molecule has 1 aliphatic heterocycles. The molecule has 1 unspecified atom stereocenters. The van der Waals surface area contributed by atoms with Crippen LogP contribution in [0.4, 0.5) is 5.69 Å². The molecule has 1 aliphatic carbocycles. The first-order valence-electron chi connectivity index (χ1n) is 10.5. The minimum Gasteiger partial charge on any atom is -0.494 e. The van der Waals surface area contributed by atoms with Crippen molar-refractivity contribution in [3.05, 3.63) is 60.2 Å². The number of ether oxygens (including phenoxy) is 3. The van der Waals surface area contributed by atoms with Gasteiger partial charge in [-0.05, 0) is 86.3 Å². The third-order valence-electron chi connectivity index (χ3n) is 5.37. The largest absolute Gasteiger partial charge is 0.494 e. The van der Waals surface area contributed by atoms with E-state index in [1.54, 1.807) is 0 Å². The normalized spacial score (nSPS) is 16.9. The van der Waals surface area contributed by atoms with Crippen molar-refractivity contribution in [1.29, 1.82) is 0 Å². The number of thiocarbonyl (C=S) groups is 1. The molecule has 30 heavy (non-hydrogen) atoms. The van der Waals surface area contributed by atoms with Gasteiger partial charge in [-0.15, -0.1) is 0 Å². The standard InChI is InChI=1S/C24H28N2O3S/c1-2-27-21-11-9-20(10-12-21)25-24(30)26(15-18-6-4-3-5-7-18)16-19-8-13-22-23(14-19)29-17-28-22/h3-4,8-14,18H,2,5-7,15-17H2,1H3,(H,25,30). The Hall–Kier alpha value is -2.73. The number of hydrogen-bond donors (Lipinski definition) is 1. The van der Waals surface area contributed by atoms with Gasteiger partial charge in [0.2, 0.25) is 6.79 Å². The Morgan fingerprint density at radius 1 is 1.13 bits per heavy atom. The first kappa shape index (κ1) is 20.5. The zero-order valence-corrected chi connectivity index (χ0v) is 18.1. The number of nitrogens with zero attached hydrogens (tertiary/aromatic N) is 1. The van der Waals surface area contributed by atoms with Crippen LogP contribution in [0.5, 0.6) is 17.2 Å². The van der Waals surface area contributed by atoms with Gasteiger partial charge in [-0.3, -0.25) is 0 Å². The first-order valence-corrected chi connectivity index (χ1v) is 10.9. The predicted molar refractivity (Wildman–Crippen MR) is 123 cm³/mol. The van der Waals surface area contributed by atoms with Gasteiger partial charge in [0, 0.05) is 18.8 Å². The number of rotatable bonds is 7. The molecule has 0 aromatic heterocycles. The molecule has 0 radical (unpaired) electrons. The third kappa shape index (κ3) is 5.25. The van der Waals surface area contributed by atoms with Gasteiger partial charge in [-0.1, -0.05) is 18.2 Å². The van der Waals surface area contributed by atoms with Crippen molar-refractivity contribution in [2.24, 2.45) is 5.92 Å². The minimum absolute atomic E-state index is 0.286. The monoisotopic (exact) mass is 424 g/mol. The molecule has 0 bridgehead atoms. The Morgan fingerprint density at radius 2 is 1.97 bits per heavy atom. The van der Waals surface area contributed by atoms with Crippen molar-refractivity contribution < 1.29 is 14.2 Å². The molecule has 158 valence electrons. The number of anilines is 1. The number of benzene rings is 2. The molecule has 6 heteroatoms. The van der Waals surface area contributed by atoms with Crippen molar-refractivity contribution in [1.82, 2.24) is 4.90 Å². The first-order chi connectivity index (χ1) is 14.7. The Bertz CT molecular complexity index is 898. The van der Waals surface area contributed by atoms with Crippen LogP contribution in [0.1, 0.15) is 31.7 Å². The second kappa shape index (κ2) is 9.85. The maximum atomic E-state index is 5.82. The van der Waals surface area contributed by atoms with Gasteiger partial charge in [0.05, 0.1) is 6.61 Å². The van der Waals surface area contributed by atoms with Crippen LogP contribution in [-0.2, 0) is 6.54 Å². The van der Waals surface area contributed by atoms with E-state index in [4.69, 9.17) is 26.4 Å². The molecule has 0 amide bonds. The minimum atomic E-state index is 0.286. The van der Waals surface area contributed by atoms with Crippen LogP contribution in [0.2, 0.25) is 0 Å². The number of hydrogen-bond acceptors (Lipinski definition) is 4. The highest BCUT2D eigenvalue weighted by Gasteiger charge is 2.20. The molecule has 4 rings (SSSR count). The molecular formula is C24H28N2O3S. The van der Waals surface area contributed by atoms with E-state index >= 15 is 0 Å². The molecule has 1 N–H and O–H groups in total. The van der Waals surface area contributed by atoms with Crippen molar-refractivity contribution in [3.8, 4) is 17.2 Å². The van der Waals surface area contributed by atoms with Gasteiger partial charge in [0.25, 0.3) is 0 Å². The topological polar surface area (TPSA) is 43.0 Å². The summed E-state index contributed by atoms with van der Waals surface area (Å²) >= 11 is 5.82. The number of fused-ring (bicyclic) bond motifs is 1. The predicted octanol–water partition coefficient (Wildman–Crippen LogP) is 5.37. The van der Waals surface area contributed by atoms with Crippen LogP contribution in [-0.4, -0.2) is 30.0 Å². The average molecular weight is 425 g/mol. The molecule has 1 atom stereocenters. The molecule has 2 aliphatic rings. The van der Waals surface area contributed by atoms with Crippen LogP contribution < -0.4 is 19.5 Å². The average Bonchev–Trinajstić information content (AvgIpc) is 3.23. The molecule has 2 aromatic carbocycles. The van der Waals surface area contributed by atoms with Crippen LogP contribution in [0.15, 0.2) is 54.6 Å². The molecule has 5 nitrogen and oxygen atoms in total. The van der Waals surface area contributed by atoms with Gasteiger partial charge < -0.3 is 24.4 Å². The van der Waals surface area contributed by atoms with E-state index in [1.165, 1.54) is 6.42 Å². The van der Waals surface area contributed by atoms with Crippen molar-refractivity contribution >= 4 is 23.0 Å². The maximum absolute atomic E-state index is 5.82. The van der Waals surface area contributed by atoms with Gasteiger partial charge in [0.15, 0.2) is 16.6 Å². The highest BCUT2D eigenvalue weighted by atomic mass is 32.1.